The number of amides is 1. The van der Waals surface area contributed by atoms with E-state index in [0.29, 0.717) is 32.4 Å². The van der Waals surface area contributed by atoms with Crippen molar-refractivity contribution in [3.63, 3.8) is 0 Å². The molecule has 6 nitrogen and oxygen atoms in total. The van der Waals surface area contributed by atoms with Crippen molar-refractivity contribution in [2.45, 2.75) is 12.8 Å². The van der Waals surface area contributed by atoms with Crippen molar-refractivity contribution >= 4 is 28.1 Å². The lowest BCUT2D eigenvalue weighted by molar-refractivity contribution is 0.100. The van der Waals surface area contributed by atoms with Gasteiger partial charge in [-0.2, -0.15) is 5.26 Å². The number of nitrogens with two attached hydrogens (primary N) is 1. The molecule has 1 amide bonds. The van der Waals surface area contributed by atoms with E-state index in [4.69, 9.17) is 11.0 Å². The number of nitriles is 1. The van der Waals surface area contributed by atoms with Gasteiger partial charge >= 0.3 is 0 Å². The van der Waals surface area contributed by atoms with Crippen LogP contribution < -0.4 is 11.1 Å². The third-order valence-electron chi connectivity index (χ3n) is 4.23. The highest BCUT2D eigenvalue weighted by atomic mass is 32.1. The van der Waals surface area contributed by atoms with Gasteiger partial charge in [0, 0.05) is 29.2 Å². The Labute approximate surface area is 165 Å². The number of primary amides is 1. The van der Waals surface area contributed by atoms with Crippen molar-refractivity contribution in [3.05, 3.63) is 65.1 Å². The third kappa shape index (κ3) is 4.01. The highest BCUT2D eigenvalue weighted by Crippen LogP contribution is 2.38. The van der Waals surface area contributed by atoms with Gasteiger partial charge in [-0.05, 0) is 29.8 Å². The second kappa shape index (κ2) is 8.17. The van der Waals surface area contributed by atoms with Crippen molar-refractivity contribution in [2.75, 3.05) is 11.9 Å². The van der Waals surface area contributed by atoms with Crippen LogP contribution in [0.3, 0.4) is 0 Å². The zero-order valence-corrected chi connectivity index (χ0v) is 15.8. The molecule has 0 spiro atoms. The first kappa shape index (κ1) is 19.5. The van der Waals surface area contributed by atoms with Crippen LogP contribution in [0, 0.1) is 17.1 Å². The van der Waals surface area contributed by atoms with Gasteiger partial charge in [0.1, 0.15) is 22.7 Å². The number of aromatic nitrogens is 1. The normalized spacial score (nSPS) is 11.6. The number of carbonyl (C=O) groups is 1. The summed E-state index contributed by atoms with van der Waals surface area (Å²) in [7, 11) is 0. The van der Waals surface area contributed by atoms with Gasteiger partial charge in [-0.15, -0.1) is 11.3 Å². The minimum Gasteiger partial charge on any atom is -0.396 e. The van der Waals surface area contributed by atoms with Gasteiger partial charge in [0.05, 0.1) is 11.1 Å². The fraction of sp³-hybridized carbons (Fsp3) is 0.150. The van der Waals surface area contributed by atoms with E-state index in [1.165, 1.54) is 29.7 Å². The number of hydrogen-bond donors (Lipinski definition) is 3. The standard InChI is InChI=1S/C20H17FN4O2S/c1-11(10-26)13-3-4-14(16(21)6-13)17-7-15(19(23)27)20(28-17)25-18-5-2-12(8-22)9-24-18/h2-7,9,11,26H,10H2,1H3,(H2,23,27)(H,24,25). The van der Waals surface area contributed by atoms with E-state index in [1.54, 1.807) is 31.2 Å². The molecule has 0 saturated heterocycles. The highest BCUT2D eigenvalue weighted by Gasteiger charge is 2.18. The number of hydrogen-bond acceptors (Lipinski definition) is 6. The van der Waals surface area contributed by atoms with E-state index >= 15 is 0 Å². The molecule has 3 aromatic rings. The maximum Gasteiger partial charge on any atom is 0.251 e. The number of nitrogens with zero attached hydrogens (tertiary/aromatic N) is 2. The largest absolute Gasteiger partial charge is 0.396 e. The Kier molecular flexibility index (Phi) is 5.68. The summed E-state index contributed by atoms with van der Waals surface area (Å²) in [6, 6.07) is 11.5. The van der Waals surface area contributed by atoms with E-state index in [0.717, 1.165) is 0 Å². The van der Waals surface area contributed by atoms with Crippen molar-refractivity contribution in [1.29, 1.82) is 5.26 Å². The number of benzene rings is 1. The minimum absolute atomic E-state index is 0.0741. The van der Waals surface area contributed by atoms with Crippen LogP contribution in [0.2, 0.25) is 0 Å². The summed E-state index contributed by atoms with van der Waals surface area (Å²) in [4.78, 5) is 16.5. The van der Waals surface area contributed by atoms with Crippen LogP contribution >= 0.6 is 11.3 Å². The summed E-state index contributed by atoms with van der Waals surface area (Å²) >= 11 is 1.17. The molecule has 1 aromatic carbocycles. The third-order valence-corrected chi connectivity index (χ3v) is 5.32. The molecule has 0 aliphatic rings. The average Bonchev–Trinajstić information content (AvgIpc) is 3.11. The van der Waals surface area contributed by atoms with E-state index in [-0.39, 0.29) is 18.1 Å². The van der Waals surface area contributed by atoms with Gasteiger partial charge in [-0.1, -0.05) is 19.1 Å². The molecule has 0 aliphatic carbocycles. The lowest BCUT2D eigenvalue weighted by atomic mass is 9.99. The van der Waals surface area contributed by atoms with Crippen LogP contribution in [-0.2, 0) is 0 Å². The van der Waals surface area contributed by atoms with Crippen molar-refractivity contribution in [1.82, 2.24) is 4.98 Å². The van der Waals surface area contributed by atoms with Crippen LogP contribution in [0.15, 0.2) is 42.6 Å². The Morgan fingerprint density at radius 1 is 1.39 bits per heavy atom. The van der Waals surface area contributed by atoms with Gasteiger partial charge in [0.25, 0.3) is 5.91 Å². The molecule has 4 N–H and O–H groups in total. The average molecular weight is 396 g/mol. The number of thiophene rings is 1. The number of carbonyl (C=O) groups excluding carboxylic acids is 1. The number of aliphatic hydroxyl groups excluding tert-OH is 1. The van der Waals surface area contributed by atoms with Crippen LogP contribution in [0.5, 0.6) is 0 Å². The molecule has 0 bridgehead atoms. The maximum atomic E-state index is 14.6. The molecule has 0 saturated carbocycles. The van der Waals surface area contributed by atoms with E-state index in [2.05, 4.69) is 10.3 Å². The summed E-state index contributed by atoms with van der Waals surface area (Å²) in [5.74, 6) is -0.835. The Hall–Kier alpha value is -3.28. The summed E-state index contributed by atoms with van der Waals surface area (Å²) in [5.41, 5.74) is 7.12. The quantitative estimate of drug-likeness (QED) is 0.587. The first-order chi connectivity index (χ1) is 13.4. The molecule has 3 rings (SSSR count). The Morgan fingerprint density at radius 2 is 2.18 bits per heavy atom. The number of halogens is 1. The second-order valence-electron chi connectivity index (χ2n) is 6.21. The van der Waals surface area contributed by atoms with Crippen LogP contribution in [0.4, 0.5) is 15.2 Å². The molecule has 0 radical (unpaired) electrons. The number of rotatable bonds is 6. The number of aliphatic hydroxyl groups is 1. The maximum absolute atomic E-state index is 14.6. The molecular weight excluding hydrogens is 379 g/mol. The first-order valence-corrected chi connectivity index (χ1v) is 9.22. The predicted molar refractivity (Wildman–Crippen MR) is 106 cm³/mol. The zero-order valence-electron chi connectivity index (χ0n) is 14.9. The summed E-state index contributed by atoms with van der Waals surface area (Å²) in [6.45, 7) is 1.73. The predicted octanol–water partition coefficient (Wildman–Crippen LogP) is 3.76. The number of nitrogens with one attached hydrogen (secondary N) is 1. The molecule has 2 heterocycles. The SMILES string of the molecule is CC(CO)c1ccc(-c2cc(C(N)=O)c(Nc3ccc(C#N)cn3)s2)c(F)c1. The van der Waals surface area contributed by atoms with E-state index in [1.807, 2.05) is 6.07 Å². The molecule has 142 valence electrons. The molecule has 28 heavy (non-hydrogen) atoms. The molecule has 0 fully saturated rings. The summed E-state index contributed by atoms with van der Waals surface area (Å²) < 4.78 is 14.6. The molecule has 1 atom stereocenters. The van der Waals surface area contributed by atoms with Gasteiger partial charge in [-0.3, -0.25) is 4.79 Å². The van der Waals surface area contributed by atoms with E-state index in [9.17, 15) is 14.3 Å². The Bertz CT molecular complexity index is 1060. The molecule has 2 aromatic heterocycles. The monoisotopic (exact) mass is 396 g/mol. The molecular formula is C20H17FN4O2S. The molecule has 1 unspecified atom stereocenters. The lowest BCUT2D eigenvalue weighted by Gasteiger charge is -2.09. The Balaban J connectivity index is 1.96. The van der Waals surface area contributed by atoms with Gasteiger partial charge < -0.3 is 16.2 Å². The van der Waals surface area contributed by atoms with Gasteiger partial charge in [0.2, 0.25) is 0 Å². The summed E-state index contributed by atoms with van der Waals surface area (Å²) in [6.07, 6.45) is 1.40. The zero-order chi connectivity index (χ0) is 20.3. The van der Waals surface area contributed by atoms with Crippen LogP contribution in [-0.4, -0.2) is 22.6 Å². The topological polar surface area (TPSA) is 112 Å². The van der Waals surface area contributed by atoms with Gasteiger partial charge in [-0.25, -0.2) is 9.37 Å². The summed E-state index contributed by atoms with van der Waals surface area (Å²) in [5, 5.41) is 21.5. The highest BCUT2D eigenvalue weighted by molar-refractivity contribution is 7.19. The van der Waals surface area contributed by atoms with E-state index < -0.39 is 11.7 Å². The van der Waals surface area contributed by atoms with Crippen molar-refractivity contribution in [2.24, 2.45) is 5.73 Å². The first-order valence-electron chi connectivity index (χ1n) is 8.40. The van der Waals surface area contributed by atoms with Crippen LogP contribution in [0.1, 0.15) is 34.3 Å². The lowest BCUT2D eigenvalue weighted by Crippen LogP contribution is -2.11. The molecule has 8 heteroatoms. The van der Waals surface area contributed by atoms with Crippen molar-refractivity contribution in [3.8, 4) is 16.5 Å². The van der Waals surface area contributed by atoms with Crippen LogP contribution in [0.25, 0.3) is 10.4 Å². The fourth-order valence-corrected chi connectivity index (χ4v) is 3.69. The minimum atomic E-state index is -0.649. The van der Waals surface area contributed by atoms with Crippen molar-refractivity contribution < 1.29 is 14.3 Å². The molecule has 0 aliphatic heterocycles. The van der Waals surface area contributed by atoms with Gasteiger partial charge in [0.15, 0.2) is 0 Å². The number of pyridine rings is 1. The smallest absolute Gasteiger partial charge is 0.251 e. The Morgan fingerprint density at radius 3 is 2.75 bits per heavy atom. The fourth-order valence-electron chi connectivity index (χ4n) is 2.59. The second-order valence-corrected chi connectivity index (χ2v) is 7.26. The number of anilines is 2.